The third-order valence-electron chi connectivity index (χ3n) is 3.65. The van der Waals surface area contributed by atoms with Crippen LogP contribution in [0.25, 0.3) is 0 Å². The summed E-state index contributed by atoms with van der Waals surface area (Å²) in [6.45, 7) is 3.80. The molecule has 3 N–H and O–H groups in total. The smallest absolute Gasteiger partial charge is 0.306 e. The third kappa shape index (κ3) is 5.06. The van der Waals surface area contributed by atoms with E-state index in [0.29, 0.717) is 12.8 Å². The predicted octanol–water partition coefficient (Wildman–Crippen LogP) is 0.924. The standard InChI is InChI=1S/C17H23NO6/c1-11(9-10-14-7-5-4-6-8-14)17(23-12(2)19,24-13(3)20)15(21)16(18)22/h4-8,11,15,21H,9-10H2,1-3H3,(H2,18,22). The summed E-state index contributed by atoms with van der Waals surface area (Å²) < 4.78 is 10.2. The third-order valence-corrected chi connectivity index (χ3v) is 3.65. The van der Waals surface area contributed by atoms with Gasteiger partial charge in [-0.3, -0.25) is 14.4 Å². The Bertz CT molecular complexity index is 570. The Balaban J connectivity index is 3.09. The van der Waals surface area contributed by atoms with E-state index in [0.717, 1.165) is 19.4 Å². The normalized spacial score (nSPS) is 13.7. The molecule has 1 amide bonds. The van der Waals surface area contributed by atoms with E-state index in [1.807, 2.05) is 30.3 Å². The van der Waals surface area contributed by atoms with Crippen LogP contribution in [-0.4, -0.2) is 34.8 Å². The maximum absolute atomic E-state index is 11.5. The Morgan fingerprint density at radius 1 is 1.12 bits per heavy atom. The zero-order valence-corrected chi connectivity index (χ0v) is 14.0. The van der Waals surface area contributed by atoms with E-state index < -0.39 is 35.7 Å². The first kappa shape index (κ1) is 19.6. The van der Waals surface area contributed by atoms with E-state index in [-0.39, 0.29) is 0 Å². The quantitative estimate of drug-likeness (QED) is 0.538. The minimum atomic E-state index is -2.15. The van der Waals surface area contributed by atoms with Gasteiger partial charge in [0, 0.05) is 19.8 Å². The van der Waals surface area contributed by atoms with E-state index in [1.165, 1.54) is 0 Å². The highest BCUT2D eigenvalue weighted by Crippen LogP contribution is 2.32. The van der Waals surface area contributed by atoms with Crippen molar-refractivity contribution < 1.29 is 29.0 Å². The van der Waals surface area contributed by atoms with Crippen molar-refractivity contribution in [3.63, 3.8) is 0 Å². The minimum absolute atomic E-state index is 0.384. The Kier molecular flexibility index (Phi) is 6.91. The molecule has 2 atom stereocenters. The zero-order chi connectivity index (χ0) is 18.3. The van der Waals surface area contributed by atoms with Crippen molar-refractivity contribution >= 4 is 17.8 Å². The average Bonchev–Trinajstić information content (AvgIpc) is 2.50. The van der Waals surface area contributed by atoms with Crippen LogP contribution in [0, 0.1) is 5.92 Å². The van der Waals surface area contributed by atoms with Crippen LogP contribution in [0.15, 0.2) is 30.3 Å². The largest absolute Gasteiger partial charge is 0.419 e. The molecule has 1 aromatic rings. The second-order valence-corrected chi connectivity index (χ2v) is 5.64. The number of ether oxygens (including phenoxy) is 2. The molecular weight excluding hydrogens is 314 g/mol. The molecule has 0 aliphatic heterocycles. The fraction of sp³-hybridized carbons (Fsp3) is 0.471. The number of nitrogens with two attached hydrogens (primary N) is 1. The van der Waals surface area contributed by atoms with Crippen molar-refractivity contribution in [2.24, 2.45) is 11.7 Å². The van der Waals surface area contributed by atoms with Crippen LogP contribution in [0.1, 0.15) is 32.8 Å². The van der Waals surface area contributed by atoms with Gasteiger partial charge in [-0.05, 0) is 18.4 Å². The number of carbonyl (C=O) groups excluding carboxylic acids is 3. The number of carbonyl (C=O) groups is 3. The van der Waals surface area contributed by atoms with Crippen molar-refractivity contribution in [3.8, 4) is 0 Å². The van der Waals surface area contributed by atoms with Crippen LogP contribution < -0.4 is 5.73 Å². The van der Waals surface area contributed by atoms with Gasteiger partial charge in [0.05, 0.1) is 0 Å². The van der Waals surface area contributed by atoms with Crippen molar-refractivity contribution in [3.05, 3.63) is 35.9 Å². The lowest BCUT2D eigenvalue weighted by molar-refractivity contribution is -0.274. The van der Waals surface area contributed by atoms with E-state index in [2.05, 4.69) is 0 Å². The number of primary amides is 1. The molecule has 0 heterocycles. The summed E-state index contributed by atoms with van der Waals surface area (Å²) in [6.07, 6.45) is -1.02. The highest BCUT2D eigenvalue weighted by molar-refractivity contribution is 5.81. The number of hydrogen-bond donors (Lipinski definition) is 2. The summed E-state index contributed by atoms with van der Waals surface area (Å²) >= 11 is 0. The van der Waals surface area contributed by atoms with E-state index >= 15 is 0 Å². The predicted molar refractivity (Wildman–Crippen MR) is 85.4 cm³/mol. The first-order valence-corrected chi connectivity index (χ1v) is 7.59. The van der Waals surface area contributed by atoms with Gasteiger partial charge >= 0.3 is 11.9 Å². The second kappa shape index (κ2) is 8.44. The van der Waals surface area contributed by atoms with Crippen LogP contribution >= 0.6 is 0 Å². The molecule has 0 radical (unpaired) electrons. The molecule has 0 fully saturated rings. The highest BCUT2D eigenvalue weighted by atomic mass is 16.7. The summed E-state index contributed by atoms with van der Waals surface area (Å²) in [7, 11) is 0. The van der Waals surface area contributed by atoms with Gasteiger partial charge in [0.25, 0.3) is 11.7 Å². The SMILES string of the molecule is CC(=O)OC(OC(C)=O)(C(C)CCc1ccccc1)C(O)C(N)=O. The number of amides is 1. The van der Waals surface area contributed by atoms with Crippen molar-refractivity contribution in [1.29, 1.82) is 0 Å². The lowest BCUT2D eigenvalue weighted by atomic mass is 9.88. The van der Waals surface area contributed by atoms with Crippen molar-refractivity contribution in [1.82, 2.24) is 0 Å². The number of rotatable bonds is 8. The molecule has 0 saturated carbocycles. The first-order chi connectivity index (χ1) is 11.2. The number of benzene rings is 1. The summed E-state index contributed by atoms with van der Waals surface area (Å²) in [5.74, 6) is -5.58. The van der Waals surface area contributed by atoms with E-state index in [1.54, 1.807) is 6.92 Å². The summed E-state index contributed by atoms with van der Waals surface area (Å²) in [4.78, 5) is 34.4. The van der Waals surface area contributed by atoms with Crippen LogP contribution in [0.2, 0.25) is 0 Å². The maximum atomic E-state index is 11.5. The highest BCUT2D eigenvalue weighted by Gasteiger charge is 2.52. The van der Waals surface area contributed by atoms with Crippen LogP contribution in [0.5, 0.6) is 0 Å². The Morgan fingerprint density at radius 3 is 2.04 bits per heavy atom. The van der Waals surface area contributed by atoms with Crippen LogP contribution in [0.3, 0.4) is 0 Å². The lowest BCUT2D eigenvalue weighted by Crippen LogP contribution is -2.59. The topological polar surface area (TPSA) is 116 Å². The maximum Gasteiger partial charge on any atom is 0.306 e. The minimum Gasteiger partial charge on any atom is -0.419 e. The summed E-state index contributed by atoms with van der Waals surface area (Å²) in [5.41, 5.74) is 6.16. The molecule has 7 nitrogen and oxygen atoms in total. The molecule has 132 valence electrons. The van der Waals surface area contributed by atoms with Gasteiger partial charge in [-0.2, -0.15) is 0 Å². The second-order valence-electron chi connectivity index (χ2n) is 5.64. The molecule has 0 aromatic heterocycles. The molecule has 0 aliphatic rings. The van der Waals surface area contributed by atoms with Gasteiger partial charge in [-0.1, -0.05) is 37.3 Å². The summed E-state index contributed by atoms with van der Waals surface area (Å²) in [5, 5.41) is 10.2. The lowest BCUT2D eigenvalue weighted by Gasteiger charge is -2.39. The molecule has 1 aromatic carbocycles. The van der Waals surface area contributed by atoms with E-state index in [4.69, 9.17) is 15.2 Å². The number of aliphatic hydroxyl groups is 1. The van der Waals surface area contributed by atoms with Gasteiger partial charge in [0.1, 0.15) is 0 Å². The Hall–Kier alpha value is -2.41. The Labute approximate surface area is 140 Å². The number of aliphatic hydroxyl groups excluding tert-OH is 1. The zero-order valence-electron chi connectivity index (χ0n) is 14.0. The molecule has 0 aliphatic carbocycles. The van der Waals surface area contributed by atoms with Gasteiger partial charge in [0.15, 0.2) is 0 Å². The first-order valence-electron chi connectivity index (χ1n) is 7.59. The molecule has 24 heavy (non-hydrogen) atoms. The molecular formula is C17H23NO6. The molecule has 0 spiro atoms. The Morgan fingerprint density at radius 2 is 1.62 bits per heavy atom. The summed E-state index contributed by atoms with van der Waals surface area (Å²) in [6, 6.07) is 9.46. The van der Waals surface area contributed by atoms with Crippen LogP contribution in [-0.2, 0) is 30.3 Å². The van der Waals surface area contributed by atoms with Crippen LogP contribution in [0.4, 0.5) is 0 Å². The average molecular weight is 337 g/mol. The molecule has 0 saturated heterocycles. The van der Waals surface area contributed by atoms with Gasteiger partial charge in [-0.15, -0.1) is 0 Å². The fourth-order valence-electron chi connectivity index (χ4n) is 2.48. The van der Waals surface area contributed by atoms with Gasteiger partial charge in [0.2, 0.25) is 6.10 Å². The molecule has 2 unspecified atom stereocenters. The molecule has 7 heteroatoms. The molecule has 1 rings (SSSR count). The fourth-order valence-corrected chi connectivity index (χ4v) is 2.48. The van der Waals surface area contributed by atoms with Crippen molar-refractivity contribution in [2.75, 3.05) is 0 Å². The number of hydrogen-bond acceptors (Lipinski definition) is 6. The number of aryl methyl sites for hydroxylation is 1. The molecule has 0 bridgehead atoms. The number of esters is 2. The van der Waals surface area contributed by atoms with Gasteiger partial charge in [-0.25, -0.2) is 0 Å². The van der Waals surface area contributed by atoms with Crippen molar-refractivity contribution in [2.45, 2.75) is 45.5 Å². The monoisotopic (exact) mass is 337 g/mol. The van der Waals surface area contributed by atoms with Gasteiger partial charge < -0.3 is 20.3 Å². The van der Waals surface area contributed by atoms with E-state index in [9.17, 15) is 19.5 Å².